The van der Waals surface area contributed by atoms with Crippen molar-refractivity contribution in [2.24, 2.45) is 28.6 Å². The SMILES string of the molecule is C[C@]12CC[C@H](OC(=O)CCCCCCC(=O)O)C[C@H]1CC[C@H]1[C@@H]2[C@H](O)C[C@@]2(C)[C@H](c3ccc(=O)oc3)CC[C@]12O. The summed E-state index contributed by atoms with van der Waals surface area (Å²) in [4.78, 5) is 34.7. The van der Waals surface area contributed by atoms with Crippen LogP contribution in [0.4, 0.5) is 0 Å². The van der Waals surface area contributed by atoms with Crippen molar-refractivity contribution in [3.63, 3.8) is 0 Å². The fourth-order valence-electron chi connectivity index (χ4n) is 9.64. The van der Waals surface area contributed by atoms with Crippen molar-refractivity contribution < 1.29 is 34.1 Å². The molecule has 3 N–H and O–H groups in total. The lowest BCUT2D eigenvalue weighted by atomic mass is 9.42. The lowest BCUT2D eigenvalue weighted by Gasteiger charge is -2.65. The molecule has 8 heteroatoms. The van der Waals surface area contributed by atoms with Crippen molar-refractivity contribution in [2.45, 2.75) is 127 Å². The van der Waals surface area contributed by atoms with Crippen LogP contribution in [0.1, 0.15) is 115 Å². The fraction of sp³-hybridized carbons (Fsp3) is 0.781. The molecule has 0 amide bonds. The van der Waals surface area contributed by atoms with Crippen LogP contribution < -0.4 is 5.63 Å². The number of unbranched alkanes of at least 4 members (excludes halogenated alkanes) is 3. The summed E-state index contributed by atoms with van der Waals surface area (Å²) in [6.45, 7) is 4.41. The number of ether oxygens (including phenoxy) is 1. The van der Waals surface area contributed by atoms with Gasteiger partial charge in [0.25, 0.3) is 0 Å². The Kier molecular flexibility index (Phi) is 8.23. The van der Waals surface area contributed by atoms with Crippen LogP contribution in [0.25, 0.3) is 0 Å². The van der Waals surface area contributed by atoms with Crippen molar-refractivity contribution in [3.8, 4) is 0 Å². The van der Waals surface area contributed by atoms with Crippen LogP contribution in [-0.4, -0.2) is 45.1 Å². The number of fused-ring (bicyclic) bond motifs is 5. The average molecular weight is 559 g/mol. The Morgan fingerprint density at radius 1 is 1.02 bits per heavy atom. The van der Waals surface area contributed by atoms with E-state index in [9.17, 15) is 24.6 Å². The summed E-state index contributed by atoms with van der Waals surface area (Å²) in [6, 6.07) is 3.25. The van der Waals surface area contributed by atoms with Crippen LogP contribution in [0, 0.1) is 28.6 Å². The summed E-state index contributed by atoms with van der Waals surface area (Å²) in [5.41, 5.74) is -0.974. The summed E-state index contributed by atoms with van der Waals surface area (Å²) in [6.07, 6.45) is 10.7. The maximum Gasteiger partial charge on any atom is 0.335 e. The first-order valence-electron chi connectivity index (χ1n) is 15.4. The number of esters is 1. The zero-order valence-electron chi connectivity index (χ0n) is 24.0. The Morgan fingerprint density at radius 3 is 2.48 bits per heavy atom. The molecule has 0 unspecified atom stereocenters. The maximum absolute atomic E-state index is 12.5. The minimum absolute atomic E-state index is 0.000709. The van der Waals surface area contributed by atoms with Gasteiger partial charge in [0.2, 0.25) is 0 Å². The van der Waals surface area contributed by atoms with Crippen molar-refractivity contribution in [1.82, 2.24) is 0 Å². The van der Waals surface area contributed by atoms with E-state index in [1.165, 1.54) is 12.3 Å². The van der Waals surface area contributed by atoms with Crippen LogP contribution in [0.2, 0.25) is 0 Å². The highest BCUT2D eigenvalue weighted by atomic mass is 16.5. The molecule has 0 radical (unpaired) electrons. The highest BCUT2D eigenvalue weighted by Crippen LogP contribution is 2.70. The van der Waals surface area contributed by atoms with Gasteiger partial charge >= 0.3 is 17.6 Å². The number of rotatable bonds is 9. The van der Waals surface area contributed by atoms with Gasteiger partial charge in [0.05, 0.1) is 18.0 Å². The lowest BCUT2D eigenvalue weighted by molar-refractivity contribution is -0.240. The molecule has 8 nitrogen and oxygen atoms in total. The molecular formula is C32H46O8. The van der Waals surface area contributed by atoms with E-state index in [-0.39, 0.29) is 47.3 Å². The molecule has 0 bridgehead atoms. The van der Waals surface area contributed by atoms with Gasteiger partial charge in [-0.15, -0.1) is 0 Å². The van der Waals surface area contributed by atoms with Gasteiger partial charge in [0.15, 0.2) is 0 Å². The molecular weight excluding hydrogens is 512 g/mol. The molecule has 0 aliphatic heterocycles. The van der Waals surface area contributed by atoms with Gasteiger partial charge in [-0.05, 0) is 105 Å². The number of carbonyl (C=O) groups is 2. The second-order valence-electron chi connectivity index (χ2n) is 13.7. The number of aliphatic hydroxyl groups is 2. The van der Waals surface area contributed by atoms with Gasteiger partial charge in [-0.1, -0.05) is 26.7 Å². The van der Waals surface area contributed by atoms with Gasteiger partial charge in [-0.2, -0.15) is 0 Å². The Balaban J connectivity index is 1.22. The first-order valence-corrected chi connectivity index (χ1v) is 15.4. The molecule has 4 aliphatic rings. The molecule has 0 saturated heterocycles. The zero-order chi connectivity index (χ0) is 28.7. The normalized spacial score (nSPS) is 40.5. The van der Waals surface area contributed by atoms with E-state index in [0.717, 1.165) is 63.4 Å². The molecule has 40 heavy (non-hydrogen) atoms. The second kappa shape index (κ2) is 11.2. The van der Waals surface area contributed by atoms with E-state index in [2.05, 4.69) is 13.8 Å². The van der Waals surface area contributed by atoms with Gasteiger partial charge in [-0.3, -0.25) is 9.59 Å². The van der Waals surface area contributed by atoms with Gasteiger partial charge in [0.1, 0.15) is 6.10 Å². The van der Waals surface area contributed by atoms with Crippen molar-refractivity contribution in [2.75, 3.05) is 0 Å². The minimum Gasteiger partial charge on any atom is -0.481 e. The van der Waals surface area contributed by atoms with E-state index in [1.54, 1.807) is 0 Å². The fourth-order valence-corrected chi connectivity index (χ4v) is 9.64. The third kappa shape index (κ3) is 5.15. The zero-order valence-corrected chi connectivity index (χ0v) is 24.0. The van der Waals surface area contributed by atoms with Crippen LogP contribution in [0.5, 0.6) is 0 Å². The molecule has 4 saturated carbocycles. The number of aliphatic carboxylic acids is 1. The average Bonchev–Trinajstić information content (AvgIpc) is 3.17. The van der Waals surface area contributed by atoms with E-state index >= 15 is 0 Å². The molecule has 1 aromatic heterocycles. The topological polar surface area (TPSA) is 134 Å². The Hall–Kier alpha value is -2.19. The second-order valence-corrected chi connectivity index (χ2v) is 13.7. The van der Waals surface area contributed by atoms with Gasteiger partial charge in [0, 0.05) is 24.3 Å². The largest absolute Gasteiger partial charge is 0.481 e. The number of hydrogen-bond donors (Lipinski definition) is 3. The molecule has 9 atom stereocenters. The Morgan fingerprint density at radius 2 is 1.77 bits per heavy atom. The quantitative estimate of drug-likeness (QED) is 0.279. The summed E-state index contributed by atoms with van der Waals surface area (Å²) in [5.74, 6) is -0.591. The van der Waals surface area contributed by atoms with E-state index in [0.29, 0.717) is 31.6 Å². The third-order valence-corrected chi connectivity index (χ3v) is 11.7. The highest BCUT2D eigenvalue weighted by Gasteiger charge is 2.69. The molecule has 0 aromatic carbocycles. The van der Waals surface area contributed by atoms with E-state index < -0.39 is 23.1 Å². The number of carbonyl (C=O) groups excluding carboxylic acids is 1. The molecule has 5 rings (SSSR count). The van der Waals surface area contributed by atoms with E-state index in [1.807, 2.05) is 6.07 Å². The molecule has 222 valence electrons. The number of carboxylic acids is 1. The first kappa shape index (κ1) is 29.3. The number of carboxylic acid groups (broad SMARTS) is 1. The number of aliphatic hydroxyl groups excluding tert-OH is 1. The first-order chi connectivity index (χ1) is 19.0. The van der Waals surface area contributed by atoms with Crippen LogP contribution in [0.15, 0.2) is 27.6 Å². The monoisotopic (exact) mass is 558 g/mol. The minimum atomic E-state index is -0.889. The van der Waals surface area contributed by atoms with Crippen LogP contribution in [0.3, 0.4) is 0 Å². The molecule has 0 spiro atoms. The van der Waals surface area contributed by atoms with E-state index in [4.69, 9.17) is 14.3 Å². The summed E-state index contributed by atoms with van der Waals surface area (Å²) in [7, 11) is 0. The Bertz CT molecular complexity index is 1130. The summed E-state index contributed by atoms with van der Waals surface area (Å²) in [5, 5.41) is 32.9. The van der Waals surface area contributed by atoms with Crippen molar-refractivity contribution >= 4 is 11.9 Å². The standard InChI is InChI=1S/C32H46O8/c1-30-15-13-22(40-28(37)8-6-4-3-5-7-26(34)35)17-21(30)10-11-24-29(30)25(33)18-31(2)23(14-16-32(24,31)38)20-9-12-27(36)39-19-20/h9,12,19,21-25,29,33,38H,3-8,10-11,13-18H2,1-2H3,(H,34,35)/t21-,22+,23+,24+,25-,29-,30+,31+,32+/m1/s1. The number of hydrogen-bond acceptors (Lipinski definition) is 7. The Labute approximate surface area is 236 Å². The third-order valence-electron chi connectivity index (χ3n) is 11.7. The summed E-state index contributed by atoms with van der Waals surface area (Å²) < 4.78 is 11.1. The molecule has 4 fully saturated rings. The molecule has 1 aromatic rings. The molecule has 1 heterocycles. The van der Waals surface area contributed by atoms with Crippen molar-refractivity contribution in [3.05, 3.63) is 34.4 Å². The maximum atomic E-state index is 12.5. The predicted molar refractivity (Wildman–Crippen MR) is 148 cm³/mol. The predicted octanol–water partition coefficient (Wildman–Crippen LogP) is 5.19. The smallest absolute Gasteiger partial charge is 0.335 e. The van der Waals surface area contributed by atoms with Crippen LogP contribution in [-0.2, 0) is 14.3 Å². The van der Waals surface area contributed by atoms with Crippen molar-refractivity contribution in [1.29, 1.82) is 0 Å². The molecule has 4 aliphatic carbocycles. The highest BCUT2D eigenvalue weighted by molar-refractivity contribution is 5.69. The summed E-state index contributed by atoms with van der Waals surface area (Å²) >= 11 is 0. The van der Waals surface area contributed by atoms with Crippen LogP contribution >= 0.6 is 0 Å². The lowest BCUT2D eigenvalue weighted by Crippen LogP contribution is -2.66. The van der Waals surface area contributed by atoms with Gasteiger partial charge in [-0.25, -0.2) is 4.79 Å². The van der Waals surface area contributed by atoms with Gasteiger partial charge < -0.3 is 24.5 Å².